The molecule has 2 nitrogen and oxygen atoms in total. The molecule has 2 heteroatoms. The molecule has 0 N–H and O–H groups in total. The van der Waals surface area contributed by atoms with Gasteiger partial charge in [-0.15, -0.1) is 0 Å². The van der Waals surface area contributed by atoms with Gasteiger partial charge in [-0.05, 0) is 23.6 Å². The van der Waals surface area contributed by atoms with Crippen LogP contribution in [0.1, 0.15) is 5.76 Å². The Morgan fingerprint density at radius 2 is 2.08 bits per heavy atom. The van der Waals surface area contributed by atoms with Gasteiger partial charge >= 0.3 is 5.63 Å². The zero-order valence-corrected chi connectivity index (χ0v) is 6.99. The topological polar surface area (TPSA) is 30.2 Å². The van der Waals surface area contributed by atoms with Crippen LogP contribution in [-0.2, 0) is 0 Å². The van der Waals surface area contributed by atoms with Crippen molar-refractivity contribution < 1.29 is 4.42 Å². The van der Waals surface area contributed by atoms with E-state index in [0.717, 1.165) is 5.39 Å². The number of fused-ring (bicyclic) bond motifs is 1. The Hall–Kier alpha value is -1.83. The van der Waals surface area contributed by atoms with Crippen LogP contribution in [0.15, 0.2) is 46.1 Å². The van der Waals surface area contributed by atoms with Crippen LogP contribution in [0.5, 0.6) is 0 Å². The molecule has 0 saturated heterocycles. The van der Waals surface area contributed by atoms with Gasteiger partial charge < -0.3 is 4.42 Å². The van der Waals surface area contributed by atoms with E-state index < -0.39 is 0 Å². The molecule has 1 aromatic heterocycles. The van der Waals surface area contributed by atoms with Crippen LogP contribution >= 0.6 is 0 Å². The van der Waals surface area contributed by atoms with E-state index in [2.05, 4.69) is 6.58 Å². The van der Waals surface area contributed by atoms with Crippen LogP contribution in [0.25, 0.3) is 16.8 Å². The standard InChI is InChI=1S/C11H8O2/c1-2-9-7-8-5-3-4-6-10(8)11(12)13-9/h2-7H,1H2. The fourth-order valence-electron chi connectivity index (χ4n) is 1.25. The Morgan fingerprint density at radius 1 is 1.31 bits per heavy atom. The van der Waals surface area contributed by atoms with Crippen molar-refractivity contribution in [2.75, 3.05) is 0 Å². The highest BCUT2D eigenvalue weighted by molar-refractivity contribution is 5.82. The van der Waals surface area contributed by atoms with Gasteiger partial charge in [-0.1, -0.05) is 24.8 Å². The maximum absolute atomic E-state index is 11.3. The molecule has 0 aliphatic rings. The summed E-state index contributed by atoms with van der Waals surface area (Å²) in [5.74, 6) is 0.503. The molecule has 0 spiro atoms. The van der Waals surface area contributed by atoms with E-state index in [1.807, 2.05) is 18.2 Å². The SMILES string of the molecule is C=Cc1cc2ccccc2c(=O)o1. The van der Waals surface area contributed by atoms with E-state index in [1.165, 1.54) is 6.08 Å². The quantitative estimate of drug-likeness (QED) is 0.661. The second-order valence-corrected chi connectivity index (χ2v) is 2.73. The molecule has 0 aliphatic carbocycles. The lowest BCUT2D eigenvalue weighted by Crippen LogP contribution is -1.99. The lowest BCUT2D eigenvalue weighted by molar-refractivity contribution is 0.510. The van der Waals surface area contributed by atoms with E-state index in [4.69, 9.17) is 4.42 Å². The first-order valence-electron chi connectivity index (χ1n) is 3.96. The van der Waals surface area contributed by atoms with Crippen LogP contribution in [-0.4, -0.2) is 0 Å². The van der Waals surface area contributed by atoms with Crippen molar-refractivity contribution >= 4 is 16.8 Å². The summed E-state index contributed by atoms with van der Waals surface area (Å²) in [7, 11) is 0. The Labute approximate surface area is 75.1 Å². The van der Waals surface area contributed by atoms with Crippen LogP contribution in [0.2, 0.25) is 0 Å². The predicted octanol–water partition coefficient (Wildman–Crippen LogP) is 2.44. The van der Waals surface area contributed by atoms with E-state index in [0.29, 0.717) is 11.1 Å². The third kappa shape index (κ3) is 1.26. The van der Waals surface area contributed by atoms with Crippen molar-refractivity contribution in [2.45, 2.75) is 0 Å². The molecule has 1 heterocycles. The Morgan fingerprint density at radius 3 is 2.85 bits per heavy atom. The van der Waals surface area contributed by atoms with Crippen LogP contribution in [0.4, 0.5) is 0 Å². The molecular formula is C11H8O2. The summed E-state index contributed by atoms with van der Waals surface area (Å²) in [5.41, 5.74) is -0.312. The maximum Gasteiger partial charge on any atom is 0.344 e. The summed E-state index contributed by atoms with van der Waals surface area (Å²) in [4.78, 5) is 11.3. The summed E-state index contributed by atoms with van der Waals surface area (Å²) < 4.78 is 4.97. The Kier molecular flexibility index (Phi) is 1.74. The second kappa shape index (κ2) is 2.90. The zero-order chi connectivity index (χ0) is 9.26. The average Bonchev–Trinajstić information content (AvgIpc) is 2.18. The van der Waals surface area contributed by atoms with Crippen molar-refractivity contribution in [3.63, 3.8) is 0 Å². The van der Waals surface area contributed by atoms with Gasteiger partial charge in [-0.3, -0.25) is 0 Å². The molecule has 0 fully saturated rings. The summed E-state index contributed by atoms with van der Waals surface area (Å²) in [5, 5.41) is 1.49. The number of hydrogen-bond donors (Lipinski definition) is 0. The lowest BCUT2D eigenvalue weighted by atomic mass is 10.2. The zero-order valence-electron chi connectivity index (χ0n) is 6.99. The van der Waals surface area contributed by atoms with Crippen molar-refractivity contribution in [3.05, 3.63) is 53.1 Å². The molecule has 0 aliphatic heterocycles. The highest BCUT2D eigenvalue weighted by atomic mass is 16.4. The number of hydrogen-bond acceptors (Lipinski definition) is 2. The molecule has 0 radical (unpaired) electrons. The summed E-state index contributed by atoms with van der Waals surface area (Å²) >= 11 is 0. The second-order valence-electron chi connectivity index (χ2n) is 2.73. The van der Waals surface area contributed by atoms with E-state index in [9.17, 15) is 4.79 Å². The molecule has 2 aromatic rings. The van der Waals surface area contributed by atoms with Gasteiger partial charge in [0.15, 0.2) is 0 Å². The first-order chi connectivity index (χ1) is 6.31. The highest BCUT2D eigenvalue weighted by Gasteiger charge is 1.99. The fourth-order valence-corrected chi connectivity index (χ4v) is 1.25. The van der Waals surface area contributed by atoms with Gasteiger partial charge in [0, 0.05) is 0 Å². The van der Waals surface area contributed by atoms with Gasteiger partial charge in [-0.25, -0.2) is 4.79 Å². The molecule has 0 saturated carbocycles. The largest absolute Gasteiger partial charge is 0.423 e. The van der Waals surface area contributed by atoms with Gasteiger partial charge in [0.1, 0.15) is 5.76 Å². The van der Waals surface area contributed by atoms with Gasteiger partial charge in [-0.2, -0.15) is 0 Å². The lowest BCUT2D eigenvalue weighted by Gasteiger charge is -1.96. The normalized spacial score (nSPS) is 10.2. The highest BCUT2D eigenvalue weighted by Crippen LogP contribution is 2.11. The van der Waals surface area contributed by atoms with Crippen molar-refractivity contribution in [1.82, 2.24) is 0 Å². The molecule has 13 heavy (non-hydrogen) atoms. The molecule has 1 aromatic carbocycles. The minimum Gasteiger partial charge on any atom is -0.423 e. The maximum atomic E-state index is 11.3. The van der Waals surface area contributed by atoms with Crippen molar-refractivity contribution in [3.8, 4) is 0 Å². The van der Waals surface area contributed by atoms with E-state index in [1.54, 1.807) is 12.1 Å². The molecule has 0 atom stereocenters. The van der Waals surface area contributed by atoms with Crippen LogP contribution in [0, 0.1) is 0 Å². The first kappa shape index (κ1) is 7.80. The van der Waals surface area contributed by atoms with E-state index >= 15 is 0 Å². The Balaban J connectivity index is 2.92. The molecule has 0 amide bonds. The molecular weight excluding hydrogens is 164 g/mol. The van der Waals surface area contributed by atoms with Crippen LogP contribution in [0.3, 0.4) is 0 Å². The molecule has 0 bridgehead atoms. The van der Waals surface area contributed by atoms with Gasteiger partial charge in [0.05, 0.1) is 5.39 Å². The fraction of sp³-hybridized carbons (Fsp3) is 0. The summed E-state index contributed by atoms with van der Waals surface area (Å²) in [6.45, 7) is 3.55. The monoisotopic (exact) mass is 172 g/mol. The van der Waals surface area contributed by atoms with Crippen molar-refractivity contribution in [2.24, 2.45) is 0 Å². The van der Waals surface area contributed by atoms with E-state index in [-0.39, 0.29) is 5.63 Å². The van der Waals surface area contributed by atoms with Gasteiger partial charge in [0.25, 0.3) is 0 Å². The summed E-state index contributed by atoms with van der Waals surface area (Å²) in [6, 6.07) is 9.11. The number of benzene rings is 1. The predicted molar refractivity (Wildman–Crippen MR) is 52.6 cm³/mol. The van der Waals surface area contributed by atoms with Gasteiger partial charge in [0.2, 0.25) is 0 Å². The van der Waals surface area contributed by atoms with Crippen molar-refractivity contribution in [1.29, 1.82) is 0 Å². The minimum atomic E-state index is -0.312. The third-order valence-corrected chi connectivity index (χ3v) is 1.89. The minimum absolute atomic E-state index is 0.312. The molecule has 64 valence electrons. The third-order valence-electron chi connectivity index (χ3n) is 1.89. The average molecular weight is 172 g/mol. The molecule has 2 rings (SSSR count). The Bertz CT molecular complexity index is 509. The molecule has 0 unspecified atom stereocenters. The number of rotatable bonds is 1. The first-order valence-corrected chi connectivity index (χ1v) is 3.96. The van der Waals surface area contributed by atoms with Crippen LogP contribution < -0.4 is 5.63 Å². The smallest absolute Gasteiger partial charge is 0.344 e. The summed E-state index contributed by atoms with van der Waals surface area (Å²) in [6.07, 6.45) is 1.52.